The molecule has 0 aromatic carbocycles. The molecule has 1 aliphatic rings. The minimum atomic E-state index is -0.721. The Kier molecular flexibility index (Phi) is 3.07. The van der Waals surface area contributed by atoms with E-state index in [9.17, 15) is 4.39 Å². The Balaban J connectivity index is 2.32. The normalized spacial score (nSPS) is 21.1. The number of rotatable bonds is 2. The van der Waals surface area contributed by atoms with Gasteiger partial charge in [0.1, 0.15) is 5.82 Å². The van der Waals surface area contributed by atoms with Gasteiger partial charge in [-0.1, -0.05) is 6.58 Å². The molecule has 0 atom stereocenters. The van der Waals surface area contributed by atoms with Crippen molar-refractivity contribution < 1.29 is 13.7 Å². The molecule has 0 spiro atoms. The first kappa shape index (κ1) is 13.2. The summed E-state index contributed by atoms with van der Waals surface area (Å²) in [7, 11) is -0.721. The van der Waals surface area contributed by atoms with Crippen molar-refractivity contribution in [2.24, 2.45) is 0 Å². The highest BCUT2D eigenvalue weighted by Gasteiger charge is 2.52. The van der Waals surface area contributed by atoms with E-state index in [0.717, 1.165) is 0 Å². The van der Waals surface area contributed by atoms with Crippen LogP contribution >= 0.6 is 0 Å². The number of hydrogen-bond donors (Lipinski definition) is 0. The lowest BCUT2D eigenvalue weighted by molar-refractivity contribution is 0.00578. The van der Waals surface area contributed by atoms with Crippen molar-refractivity contribution in [1.29, 1.82) is 0 Å². The highest BCUT2D eigenvalue weighted by molar-refractivity contribution is 6.62. The molecule has 1 aromatic heterocycles. The topological polar surface area (TPSA) is 31.4 Å². The maximum atomic E-state index is 13.9. The monoisotopic (exact) mass is 249 g/mol. The third kappa shape index (κ3) is 2.08. The van der Waals surface area contributed by atoms with Crippen molar-refractivity contribution in [2.75, 3.05) is 0 Å². The van der Waals surface area contributed by atoms with Gasteiger partial charge in [-0.05, 0) is 39.8 Å². The van der Waals surface area contributed by atoms with E-state index >= 15 is 0 Å². The van der Waals surface area contributed by atoms with Gasteiger partial charge < -0.3 is 9.31 Å². The Morgan fingerprint density at radius 2 is 1.83 bits per heavy atom. The third-order valence-corrected chi connectivity index (χ3v) is 3.62. The first-order valence-electron chi connectivity index (χ1n) is 5.90. The van der Waals surface area contributed by atoms with Gasteiger partial charge in [0.15, 0.2) is 0 Å². The summed E-state index contributed by atoms with van der Waals surface area (Å²) < 4.78 is 25.5. The fourth-order valence-corrected chi connectivity index (χ4v) is 1.71. The van der Waals surface area contributed by atoms with Crippen molar-refractivity contribution in [1.82, 2.24) is 4.98 Å². The van der Waals surface area contributed by atoms with Crippen molar-refractivity contribution >= 4 is 18.7 Å². The molecular weight excluding hydrogens is 232 g/mol. The van der Waals surface area contributed by atoms with Gasteiger partial charge in [0, 0.05) is 11.7 Å². The average molecular weight is 249 g/mol. The first-order chi connectivity index (χ1) is 8.27. The summed E-state index contributed by atoms with van der Waals surface area (Å²) in [5.74, 6) is -0.390. The largest absolute Gasteiger partial charge is 0.499 e. The zero-order valence-corrected chi connectivity index (χ0v) is 11.2. The molecule has 2 heterocycles. The summed E-state index contributed by atoms with van der Waals surface area (Å²) >= 11 is 0. The molecule has 0 amide bonds. The maximum absolute atomic E-state index is 13.9. The summed E-state index contributed by atoms with van der Waals surface area (Å²) in [4.78, 5) is 4.08. The number of pyridine rings is 1. The number of hydrogen-bond acceptors (Lipinski definition) is 3. The third-order valence-electron chi connectivity index (χ3n) is 3.62. The molecule has 2 rings (SSSR count). The summed E-state index contributed by atoms with van der Waals surface area (Å²) in [6.07, 6.45) is 2.94. The smallest absolute Gasteiger partial charge is 0.399 e. The van der Waals surface area contributed by atoms with Crippen molar-refractivity contribution in [3.8, 4) is 0 Å². The van der Waals surface area contributed by atoms with E-state index in [1.165, 1.54) is 18.3 Å². The maximum Gasteiger partial charge on any atom is 0.499 e. The highest BCUT2D eigenvalue weighted by Crippen LogP contribution is 2.36. The van der Waals surface area contributed by atoms with E-state index in [1.807, 2.05) is 27.7 Å². The van der Waals surface area contributed by atoms with Crippen molar-refractivity contribution in [3.63, 3.8) is 0 Å². The van der Waals surface area contributed by atoms with E-state index in [1.54, 1.807) is 0 Å². The fourth-order valence-electron chi connectivity index (χ4n) is 1.71. The second-order valence-electron chi connectivity index (χ2n) is 5.42. The van der Waals surface area contributed by atoms with E-state index in [2.05, 4.69) is 11.6 Å². The van der Waals surface area contributed by atoms with Gasteiger partial charge in [-0.15, -0.1) is 0 Å². The Morgan fingerprint density at radius 3 is 2.28 bits per heavy atom. The average Bonchev–Trinajstić information content (AvgIpc) is 2.47. The minimum absolute atomic E-state index is 0.319. The molecule has 0 radical (unpaired) electrons. The fraction of sp³-hybridized carbons (Fsp3) is 0.462. The van der Waals surface area contributed by atoms with E-state index in [0.29, 0.717) is 11.2 Å². The van der Waals surface area contributed by atoms with Crippen molar-refractivity contribution in [2.45, 2.75) is 38.9 Å². The van der Waals surface area contributed by atoms with Crippen LogP contribution in [0.5, 0.6) is 0 Å². The molecule has 0 aliphatic carbocycles. The lowest BCUT2D eigenvalue weighted by atomic mass is 9.80. The van der Waals surface area contributed by atoms with Crippen LogP contribution in [0.15, 0.2) is 18.8 Å². The molecule has 1 aromatic rings. The predicted octanol–water partition coefficient (Wildman–Crippen LogP) is 2.16. The molecule has 96 valence electrons. The summed E-state index contributed by atoms with van der Waals surface area (Å²) in [6, 6.07) is 1.33. The van der Waals surface area contributed by atoms with Crippen LogP contribution in [0, 0.1) is 5.82 Å². The van der Waals surface area contributed by atoms with Crippen LogP contribution in [-0.4, -0.2) is 23.3 Å². The van der Waals surface area contributed by atoms with E-state index < -0.39 is 24.1 Å². The molecular formula is C13H17BFNO2. The van der Waals surface area contributed by atoms with Crippen LogP contribution in [0.3, 0.4) is 0 Å². The lowest BCUT2D eigenvalue weighted by Gasteiger charge is -2.32. The quantitative estimate of drug-likeness (QED) is 0.752. The van der Waals surface area contributed by atoms with E-state index in [4.69, 9.17) is 9.31 Å². The molecule has 0 bridgehead atoms. The van der Waals surface area contributed by atoms with Crippen molar-refractivity contribution in [3.05, 3.63) is 30.4 Å². The standard InChI is InChI=1S/C13H17BFNO2/c1-6-9-7-11(15)10(8-16-9)14-17-12(2,3)13(4,5)18-14/h6-8H,1H2,2-5H3. The zero-order valence-electron chi connectivity index (χ0n) is 11.2. The lowest BCUT2D eigenvalue weighted by Crippen LogP contribution is -2.41. The van der Waals surface area contributed by atoms with Crippen LogP contribution in [-0.2, 0) is 9.31 Å². The van der Waals surface area contributed by atoms with Crippen LogP contribution in [0.25, 0.3) is 6.08 Å². The van der Waals surface area contributed by atoms with Gasteiger partial charge >= 0.3 is 7.12 Å². The van der Waals surface area contributed by atoms with Crippen LogP contribution < -0.4 is 5.46 Å². The highest BCUT2D eigenvalue weighted by atomic mass is 19.1. The van der Waals surface area contributed by atoms with Gasteiger partial charge in [0.2, 0.25) is 0 Å². The van der Waals surface area contributed by atoms with Gasteiger partial charge in [-0.25, -0.2) is 4.39 Å². The summed E-state index contributed by atoms with van der Waals surface area (Å²) in [5, 5.41) is 0. The molecule has 0 saturated carbocycles. The molecule has 5 heteroatoms. The molecule has 18 heavy (non-hydrogen) atoms. The second kappa shape index (κ2) is 4.18. The van der Waals surface area contributed by atoms with Crippen LogP contribution in [0.2, 0.25) is 0 Å². The summed E-state index contributed by atoms with van der Waals surface area (Å²) in [5.41, 5.74) is -0.158. The second-order valence-corrected chi connectivity index (χ2v) is 5.42. The molecule has 1 saturated heterocycles. The Morgan fingerprint density at radius 1 is 1.28 bits per heavy atom. The van der Waals surface area contributed by atoms with Crippen LogP contribution in [0.4, 0.5) is 4.39 Å². The Bertz CT molecular complexity index is 472. The Hall–Kier alpha value is -1.20. The minimum Gasteiger partial charge on any atom is -0.399 e. The molecule has 0 N–H and O–H groups in total. The predicted molar refractivity (Wildman–Crippen MR) is 70.0 cm³/mol. The van der Waals surface area contributed by atoms with Crippen LogP contribution in [0.1, 0.15) is 33.4 Å². The zero-order chi connectivity index (χ0) is 13.6. The molecule has 1 fully saturated rings. The number of nitrogens with zero attached hydrogens (tertiary/aromatic N) is 1. The number of halogens is 1. The number of aromatic nitrogens is 1. The summed E-state index contributed by atoms with van der Waals surface area (Å²) in [6.45, 7) is 11.3. The SMILES string of the molecule is C=Cc1cc(F)c(B2OC(C)(C)C(C)(C)O2)cn1. The van der Waals surface area contributed by atoms with E-state index in [-0.39, 0.29) is 0 Å². The van der Waals surface area contributed by atoms with Gasteiger partial charge in [-0.2, -0.15) is 0 Å². The van der Waals surface area contributed by atoms with Gasteiger partial charge in [0.05, 0.1) is 16.9 Å². The molecule has 1 aliphatic heterocycles. The first-order valence-corrected chi connectivity index (χ1v) is 5.90. The van der Waals surface area contributed by atoms with Gasteiger partial charge in [-0.3, -0.25) is 4.98 Å². The Labute approximate surface area is 107 Å². The molecule has 0 unspecified atom stereocenters. The van der Waals surface area contributed by atoms with Gasteiger partial charge in [0.25, 0.3) is 0 Å². The molecule has 3 nitrogen and oxygen atoms in total.